The number of hydrogen-bond acceptors (Lipinski definition) is 5. The van der Waals surface area contributed by atoms with Gasteiger partial charge in [0, 0.05) is 42.3 Å². The van der Waals surface area contributed by atoms with Gasteiger partial charge in [0.2, 0.25) is 12.7 Å². The molecule has 7 heteroatoms. The van der Waals surface area contributed by atoms with E-state index in [4.69, 9.17) is 18.9 Å². The minimum Gasteiger partial charge on any atom is -0.497 e. The molecule has 1 fully saturated rings. The fourth-order valence-electron chi connectivity index (χ4n) is 4.48. The summed E-state index contributed by atoms with van der Waals surface area (Å²) in [4.78, 5) is 12.8. The lowest BCUT2D eigenvalue weighted by molar-refractivity contribution is -0.122. The van der Waals surface area contributed by atoms with Gasteiger partial charge in [-0.3, -0.25) is 4.79 Å². The van der Waals surface area contributed by atoms with E-state index in [0.29, 0.717) is 19.8 Å². The van der Waals surface area contributed by atoms with E-state index in [2.05, 4.69) is 11.4 Å². The molecule has 1 amide bonds. The summed E-state index contributed by atoms with van der Waals surface area (Å²) in [5, 5.41) is 4.22. The number of fused-ring (bicyclic) bond motifs is 2. The Labute approximate surface area is 180 Å². The zero-order valence-corrected chi connectivity index (χ0v) is 17.6. The summed E-state index contributed by atoms with van der Waals surface area (Å²) >= 11 is 0. The zero-order chi connectivity index (χ0) is 21.3. The minimum absolute atomic E-state index is 0.0140. The average Bonchev–Trinajstić information content (AvgIpc) is 3.44. The molecular weight excluding hydrogens is 396 g/mol. The van der Waals surface area contributed by atoms with Crippen LogP contribution in [0.4, 0.5) is 0 Å². The number of methoxy groups -OCH3 is 1. The number of amides is 1. The number of aromatic nitrogens is 1. The summed E-state index contributed by atoms with van der Waals surface area (Å²) in [7, 11) is 1.65. The molecule has 1 aromatic heterocycles. The minimum atomic E-state index is -0.180. The van der Waals surface area contributed by atoms with Gasteiger partial charge in [0.15, 0.2) is 11.5 Å². The van der Waals surface area contributed by atoms with E-state index < -0.39 is 0 Å². The summed E-state index contributed by atoms with van der Waals surface area (Å²) in [5.74, 6) is 2.33. The SMILES string of the molecule is COc1ccc2c(ccn2CC(=O)NCC2(c3ccc4c(c3)OCO4)CCOCC2)c1. The summed E-state index contributed by atoms with van der Waals surface area (Å²) in [6.07, 6.45) is 3.63. The van der Waals surface area contributed by atoms with E-state index in [9.17, 15) is 4.79 Å². The molecule has 162 valence electrons. The molecule has 3 heterocycles. The Hall–Kier alpha value is -3.19. The highest BCUT2D eigenvalue weighted by Gasteiger charge is 2.36. The molecule has 0 aliphatic carbocycles. The van der Waals surface area contributed by atoms with Crippen molar-refractivity contribution in [3.05, 3.63) is 54.2 Å². The maximum absolute atomic E-state index is 12.8. The lowest BCUT2D eigenvalue weighted by Gasteiger charge is -2.38. The second-order valence-corrected chi connectivity index (χ2v) is 8.11. The predicted octanol–water partition coefficient (Wildman–Crippen LogP) is 3.24. The zero-order valence-electron chi connectivity index (χ0n) is 17.6. The van der Waals surface area contributed by atoms with E-state index in [1.807, 2.05) is 47.2 Å². The molecule has 2 aliphatic rings. The Bertz CT molecular complexity index is 1100. The molecule has 0 radical (unpaired) electrons. The van der Waals surface area contributed by atoms with Gasteiger partial charge in [-0.25, -0.2) is 0 Å². The standard InChI is InChI=1S/C24H26N2O5/c1-28-19-3-4-20-17(12-19)6-9-26(20)14-23(27)25-15-24(7-10-29-11-8-24)18-2-5-21-22(13-18)31-16-30-21/h2-6,9,12-13H,7-8,10-11,14-16H2,1H3,(H,25,27). The number of carbonyl (C=O) groups excluding carboxylic acids is 1. The third-order valence-corrected chi connectivity index (χ3v) is 6.35. The molecular formula is C24H26N2O5. The van der Waals surface area contributed by atoms with Crippen LogP contribution in [0.5, 0.6) is 17.2 Å². The highest BCUT2D eigenvalue weighted by molar-refractivity contribution is 5.84. The van der Waals surface area contributed by atoms with Crippen molar-refractivity contribution in [2.45, 2.75) is 24.8 Å². The van der Waals surface area contributed by atoms with Crippen LogP contribution in [0.1, 0.15) is 18.4 Å². The first-order valence-corrected chi connectivity index (χ1v) is 10.5. The first-order valence-electron chi connectivity index (χ1n) is 10.5. The van der Waals surface area contributed by atoms with Crippen LogP contribution >= 0.6 is 0 Å². The van der Waals surface area contributed by atoms with Crippen molar-refractivity contribution >= 4 is 16.8 Å². The van der Waals surface area contributed by atoms with Gasteiger partial charge in [0.1, 0.15) is 12.3 Å². The van der Waals surface area contributed by atoms with Crippen molar-refractivity contribution in [3.63, 3.8) is 0 Å². The van der Waals surface area contributed by atoms with Crippen LogP contribution in [0.15, 0.2) is 48.7 Å². The van der Waals surface area contributed by atoms with Crippen molar-refractivity contribution in [1.82, 2.24) is 9.88 Å². The van der Waals surface area contributed by atoms with Crippen LogP contribution in [0, 0.1) is 0 Å². The summed E-state index contributed by atoms with van der Waals surface area (Å²) in [6, 6.07) is 13.9. The Morgan fingerprint density at radius 1 is 1.10 bits per heavy atom. The summed E-state index contributed by atoms with van der Waals surface area (Å²) in [6.45, 7) is 2.43. The second kappa shape index (κ2) is 8.15. The molecule has 2 aromatic carbocycles. The number of benzene rings is 2. The van der Waals surface area contributed by atoms with Gasteiger partial charge in [-0.05, 0) is 54.8 Å². The number of carbonyl (C=O) groups is 1. The fourth-order valence-corrected chi connectivity index (χ4v) is 4.48. The molecule has 3 aromatic rings. The Morgan fingerprint density at radius 2 is 1.94 bits per heavy atom. The van der Waals surface area contributed by atoms with Crippen molar-refractivity contribution in [2.75, 3.05) is 33.7 Å². The monoisotopic (exact) mass is 422 g/mol. The van der Waals surface area contributed by atoms with Gasteiger partial charge in [0.25, 0.3) is 0 Å². The van der Waals surface area contributed by atoms with Gasteiger partial charge in [-0.2, -0.15) is 0 Å². The average molecular weight is 422 g/mol. The maximum atomic E-state index is 12.8. The number of rotatable bonds is 6. The van der Waals surface area contributed by atoms with E-state index in [1.165, 1.54) is 0 Å². The molecule has 0 unspecified atom stereocenters. The molecule has 1 saturated heterocycles. The molecule has 1 N–H and O–H groups in total. The van der Waals surface area contributed by atoms with Crippen molar-refractivity contribution in [3.8, 4) is 17.2 Å². The number of hydrogen-bond donors (Lipinski definition) is 1. The van der Waals surface area contributed by atoms with Gasteiger partial charge in [0.05, 0.1) is 7.11 Å². The van der Waals surface area contributed by atoms with Gasteiger partial charge in [-0.1, -0.05) is 6.07 Å². The third kappa shape index (κ3) is 3.81. The van der Waals surface area contributed by atoms with Crippen LogP contribution < -0.4 is 19.5 Å². The fraction of sp³-hybridized carbons (Fsp3) is 0.375. The normalized spacial score (nSPS) is 16.9. The van der Waals surface area contributed by atoms with E-state index >= 15 is 0 Å². The second-order valence-electron chi connectivity index (χ2n) is 8.11. The van der Waals surface area contributed by atoms with Gasteiger partial charge in [-0.15, -0.1) is 0 Å². The molecule has 0 saturated carbocycles. The smallest absolute Gasteiger partial charge is 0.239 e. The van der Waals surface area contributed by atoms with Crippen molar-refractivity contribution in [2.24, 2.45) is 0 Å². The summed E-state index contributed by atoms with van der Waals surface area (Å²) in [5.41, 5.74) is 1.98. The molecule has 2 aliphatic heterocycles. The van der Waals surface area contributed by atoms with Gasteiger partial charge >= 0.3 is 0 Å². The largest absolute Gasteiger partial charge is 0.497 e. The predicted molar refractivity (Wildman–Crippen MR) is 116 cm³/mol. The Balaban J connectivity index is 1.31. The molecule has 0 bridgehead atoms. The molecule has 31 heavy (non-hydrogen) atoms. The third-order valence-electron chi connectivity index (χ3n) is 6.35. The van der Waals surface area contributed by atoms with Crippen LogP contribution in [-0.2, 0) is 21.5 Å². The lowest BCUT2D eigenvalue weighted by Crippen LogP contribution is -2.45. The number of ether oxygens (including phenoxy) is 4. The first-order chi connectivity index (χ1) is 15.2. The van der Waals surface area contributed by atoms with E-state index in [0.717, 1.165) is 46.6 Å². The van der Waals surface area contributed by atoms with Crippen molar-refractivity contribution in [1.29, 1.82) is 0 Å². The van der Waals surface area contributed by atoms with Crippen LogP contribution in [0.2, 0.25) is 0 Å². The van der Waals surface area contributed by atoms with Crippen LogP contribution in [-0.4, -0.2) is 44.1 Å². The highest BCUT2D eigenvalue weighted by Crippen LogP contribution is 2.40. The number of nitrogens with one attached hydrogen (secondary N) is 1. The lowest BCUT2D eigenvalue weighted by atomic mass is 9.74. The number of nitrogens with zero attached hydrogens (tertiary/aromatic N) is 1. The van der Waals surface area contributed by atoms with Crippen LogP contribution in [0.25, 0.3) is 10.9 Å². The first kappa shape index (κ1) is 19.8. The van der Waals surface area contributed by atoms with Crippen molar-refractivity contribution < 1.29 is 23.7 Å². The Morgan fingerprint density at radius 3 is 2.77 bits per heavy atom. The highest BCUT2D eigenvalue weighted by atomic mass is 16.7. The maximum Gasteiger partial charge on any atom is 0.239 e. The molecule has 5 rings (SSSR count). The van der Waals surface area contributed by atoms with Gasteiger partial charge < -0.3 is 28.8 Å². The molecule has 7 nitrogen and oxygen atoms in total. The van der Waals surface area contributed by atoms with Crippen LogP contribution in [0.3, 0.4) is 0 Å². The molecule has 0 spiro atoms. The summed E-state index contributed by atoms with van der Waals surface area (Å²) < 4.78 is 23.9. The topological polar surface area (TPSA) is 71.0 Å². The molecule has 0 atom stereocenters. The Kier molecular flexibility index (Phi) is 5.19. The van der Waals surface area contributed by atoms with E-state index in [-0.39, 0.29) is 24.7 Å². The quantitative estimate of drug-likeness (QED) is 0.660. The van der Waals surface area contributed by atoms with E-state index in [1.54, 1.807) is 7.11 Å².